The molecule has 0 heterocycles. The van der Waals surface area contributed by atoms with Crippen molar-refractivity contribution < 1.29 is 18.3 Å². The zero-order chi connectivity index (χ0) is 14.9. The van der Waals surface area contributed by atoms with Crippen LogP contribution in [0, 0.1) is 5.92 Å². The van der Waals surface area contributed by atoms with Crippen molar-refractivity contribution in [1.82, 2.24) is 5.32 Å². The average molecular weight is 298 g/mol. The second kappa shape index (κ2) is 5.41. The number of carbonyl (C=O) groups is 1. The van der Waals surface area contributed by atoms with Gasteiger partial charge in [-0.3, -0.25) is 4.79 Å². The van der Waals surface area contributed by atoms with Crippen molar-refractivity contribution in [3.63, 3.8) is 0 Å². The molecule has 0 radical (unpaired) electrons. The van der Waals surface area contributed by atoms with Crippen LogP contribution < -0.4 is 11.1 Å². The maximum absolute atomic E-state index is 12.0. The van der Waals surface area contributed by atoms with E-state index in [0.29, 0.717) is 0 Å². The highest BCUT2D eigenvalue weighted by Gasteiger charge is 2.29. The summed E-state index contributed by atoms with van der Waals surface area (Å²) in [6.07, 6.45) is 2.47. The monoisotopic (exact) mass is 298 g/mol. The lowest BCUT2D eigenvalue weighted by Gasteiger charge is -2.11. The Bertz CT molecular complexity index is 623. The molecule has 20 heavy (non-hydrogen) atoms. The first-order valence-corrected chi connectivity index (χ1v) is 8.23. The summed E-state index contributed by atoms with van der Waals surface area (Å²) >= 11 is 0. The minimum atomic E-state index is -3.43. The van der Waals surface area contributed by atoms with Crippen molar-refractivity contribution in [2.45, 2.75) is 23.8 Å². The fourth-order valence-corrected chi connectivity index (χ4v) is 2.61. The first-order valence-electron chi connectivity index (χ1n) is 6.34. The lowest BCUT2D eigenvalue weighted by molar-refractivity contribution is 0.0901. The van der Waals surface area contributed by atoms with Crippen molar-refractivity contribution in [3.8, 4) is 0 Å². The number of benzene rings is 1. The number of nitrogens with one attached hydrogen (secondary N) is 1. The fraction of sp³-hybridized carbons (Fsp3) is 0.462. The van der Waals surface area contributed by atoms with Crippen LogP contribution >= 0.6 is 0 Å². The first-order chi connectivity index (χ1) is 9.27. The minimum Gasteiger partial charge on any atom is -0.399 e. The van der Waals surface area contributed by atoms with Crippen LogP contribution in [0.3, 0.4) is 0 Å². The molecule has 0 aliphatic heterocycles. The predicted octanol–water partition coefficient (Wildman–Crippen LogP) is 0.173. The standard InChI is InChI=1S/C13H18N2O4S/c1-20(18,19)11-5-9(4-10(14)6-11)13(17)15-7-12(16)8-2-3-8/h4-6,8,12,16H,2-3,7,14H2,1H3,(H,15,17). The molecule has 1 unspecified atom stereocenters. The van der Waals surface area contributed by atoms with Gasteiger partial charge in [-0.05, 0) is 37.0 Å². The van der Waals surface area contributed by atoms with Gasteiger partial charge in [0.2, 0.25) is 0 Å². The summed E-state index contributed by atoms with van der Waals surface area (Å²) < 4.78 is 23.0. The van der Waals surface area contributed by atoms with Crippen LogP contribution in [0.5, 0.6) is 0 Å². The number of hydrogen-bond donors (Lipinski definition) is 3. The number of aliphatic hydroxyl groups excluding tert-OH is 1. The Morgan fingerprint density at radius 3 is 2.65 bits per heavy atom. The average Bonchev–Trinajstić information content (AvgIpc) is 3.17. The maximum Gasteiger partial charge on any atom is 0.251 e. The van der Waals surface area contributed by atoms with E-state index in [-0.39, 0.29) is 28.6 Å². The van der Waals surface area contributed by atoms with Gasteiger partial charge in [-0.2, -0.15) is 0 Å². The van der Waals surface area contributed by atoms with E-state index < -0.39 is 21.8 Å². The normalized spacial score (nSPS) is 16.7. The third kappa shape index (κ3) is 3.71. The van der Waals surface area contributed by atoms with Crippen LogP contribution in [-0.4, -0.2) is 38.3 Å². The molecule has 1 atom stereocenters. The third-order valence-corrected chi connectivity index (χ3v) is 4.35. The number of rotatable bonds is 5. The summed E-state index contributed by atoms with van der Waals surface area (Å²) in [4.78, 5) is 12.0. The van der Waals surface area contributed by atoms with Crippen molar-refractivity contribution in [1.29, 1.82) is 0 Å². The van der Waals surface area contributed by atoms with Gasteiger partial charge in [-0.1, -0.05) is 0 Å². The number of carbonyl (C=O) groups excluding carboxylic acids is 1. The number of sulfone groups is 1. The second-order valence-electron chi connectivity index (χ2n) is 5.18. The molecule has 0 spiro atoms. The number of anilines is 1. The Balaban J connectivity index is 2.10. The van der Waals surface area contributed by atoms with Crippen molar-refractivity contribution in [2.24, 2.45) is 5.92 Å². The fourth-order valence-electron chi connectivity index (χ4n) is 1.91. The molecule has 7 heteroatoms. The number of nitrogen functional groups attached to an aromatic ring is 1. The number of amides is 1. The summed E-state index contributed by atoms with van der Waals surface area (Å²) in [5.41, 5.74) is 6.00. The highest BCUT2D eigenvalue weighted by molar-refractivity contribution is 7.90. The highest BCUT2D eigenvalue weighted by Crippen LogP contribution is 2.32. The summed E-state index contributed by atoms with van der Waals surface area (Å²) in [6.45, 7) is 0.159. The summed E-state index contributed by atoms with van der Waals surface area (Å²) in [5, 5.41) is 12.3. The van der Waals surface area contributed by atoms with Crippen LogP contribution in [0.15, 0.2) is 23.1 Å². The second-order valence-corrected chi connectivity index (χ2v) is 7.19. The molecule has 1 aliphatic rings. The van der Waals surface area contributed by atoms with E-state index in [1.807, 2.05) is 0 Å². The van der Waals surface area contributed by atoms with Crippen LogP contribution in [-0.2, 0) is 9.84 Å². The third-order valence-electron chi connectivity index (χ3n) is 3.26. The molecular formula is C13H18N2O4S. The molecule has 1 aliphatic carbocycles. The topological polar surface area (TPSA) is 109 Å². The molecule has 2 rings (SSSR count). The minimum absolute atomic E-state index is 0.00499. The predicted molar refractivity (Wildman–Crippen MR) is 75.0 cm³/mol. The van der Waals surface area contributed by atoms with E-state index in [2.05, 4.69) is 5.32 Å². The molecule has 4 N–H and O–H groups in total. The molecule has 0 saturated heterocycles. The Hall–Kier alpha value is -1.60. The molecular weight excluding hydrogens is 280 g/mol. The Labute approximate surface area is 117 Å². The van der Waals surface area contributed by atoms with Gasteiger partial charge >= 0.3 is 0 Å². The number of aliphatic hydroxyl groups is 1. The van der Waals surface area contributed by atoms with Gasteiger partial charge < -0.3 is 16.2 Å². The molecule has 1 aromatic carbocycles. The summed E-state index contributed by atoms with van der Waals surface area (Å²) in [7, 11) is -3.43. The van der Waals surface area contributed by atoms with Gasteiger partial charge in [0.05, 0.1) is 11.0 Å². The van der Waals surface area contributed by atoms with E-state index in [1.165, 1.54) is 18.2 Å². The van der Waals surface area contributed by atoms with Crippen molar-refractivity contribution in [2.75, 3.05) is 18.5 Å². The van der Waals surface area contributed by atoms with Gasteiger partial charge in [0.25, 0.3) is 5.91 Å². The van der Waals surface area contributed by atoms with Gasteiger partial charge in [-0.15, -0.1) is 0 Å². The van der Waals surface area contributed by atoms with E-state index in [4.69, 9.17) is 5.73 Å². The van der Waals surface area contributed by atoms with Gasteiger partial charge in [-0.25, -0.2) is 8.42 Å². The van der Waals surface area contributed by atoms with Gasteiger partial charge in [0.15, 0.2) is 9.84 Å². The zero-order valence-corrected chi connectivity index (χ0v) is 12.0. The van der Waals surface area contributed by atoms with E-state index in [1.54, 1.807) is 0 Å². The Morgan fingerprint density at radius 1 is 1.45 bits per heavy atom. The molecule has 0 bridgehead atoms. The molecule has 6 nitrogen and oxygen atoms in total. The number of hydrogen-bond acceptors (Lipinski definition) is 5. The zero-order valence-electron chi connectivity index (χ0n) is 11.2. The van der Waals surface area contributed by atoms with Crippen molar-refractivity contribution >= 4 is 21.4 Å². The lowest BCUT2D eigenvalue weighted by Crippen LogP contribution is -2.33. The van der Waals surface area contributed by atoms with Crippen LogP contribution in [0.2, 0.25) is 0 Å². The lowest BCUT2D eigenvalue weighted by atomic mass is 10.1. The van der Waals surface area contributed by atoms with Crippen LogP contribution in [0.1, 0.15) is 23.2 Å². The molecule has 1 saturated carbocycles. The largest absolute Gasteiger partial charge is 0.399 e. The molecule has 1 fully saturated rings. The number of nitrogens with two attached hydrogens (primary N) is 1. The van der Waals surface area contributed by atoms with Gasteiger partial charge in [0, 0.05) is 24.1 Å². The smallest absolute Gasteiger partial charge is 0.251 e. The highest BCUT2D eigenvalue weighted by atomic mass is 32.2. The van der Waals surface area contributed by atoms with Crippen molar-refractivity contribution in [3.05, 3.63) is 23.8 Å². The Kier molecular flexibility index (Phi) is 4.01. The summed E-state index contributed by atoms with van der Waals surface area (Å²) in [6, 6.07) is 4.00. The maximum atomic E-state index is 12.0. The summed E-state index contributed by atoms with van der Waals surface area (Å²) in [5.74, 6) is -0.176. The SMILES string of the molecule is CS(=O)(=O)c1cc(N)cc(C(=O)NCC(O)C2CC2)c1. The van der Waals surface area contributed by atoms with Gasteiger partial charge in [0.1, 0.15) is 0 Å². The molecule has 1 amide bonds. The van der Waals surface area contributed by atoms with E-state index in [0.717, 1.165) is 19.1 Å². The molecule has 110 valence electrons. The Morgan fingerprint density at radius 2 is 2.10 bits per heavy atom. The molecule has 0 aromatic heterocycles. The quantitative estimate of drug-likeness (QED) is 0.671. The van der Waals surface area contributed by atoms with E-state index in [9.17, 15) is 18.3 Å². The van der Waals surface area contributed by atoms with Crippen LogP contribution in [0.4, 0.5) is 5.69 Å². The molecule has 1 aromatic rings. The first kappa shape index (κ1) is 14.8. The van der Waals surface area contributed by atoms with E-state index >= 15 is 0 Å². The van der Waals surface area contributed by atoms with Crippen LogP contribution in [0.25, 0.3) is 0 Å².